The van der Waals surface area contributed by atoms with Crippen LogP contribution in [-0.4, -0.2) is 16.0 Å². The maximum absolute atomic E-state index is 13.1. The van der Waals surface area contributed by atoms with Crippen molar-refractivity contribution in [2.75, 3.05) is 0 Å². The number of hydrogen-bond acceptors (Lipinski definition) is 3. The standard InChI is InChI=1S/C13H7Cl3F3N3O/c14-6-1-2-10(9(15)3-6)21-12(22-23)7-5-20-11(16)4-8(7)13(17,18)19/h1-5,23H,(H,21,22). The number of hydrogen-bond donors (Lipinski definition) is 2. The average Bonchev–Trinajstić information content (AvgIpc) is 2.46. The van der Waals surface area contributed by atoms with E-state index in [0.717, 1.165) is 6.20 Å². The zero-order chi connectivity index (χ0) is 17.2. The van der Waals surface area contributed by atoms with Gasteiger partial charge in [-0.25, -0.2) is 9.98 Å². The molecule has 10 heteroatoms. The lowest BCUT2D eigenvalue weighted by Crippen LogP contribution is -2.24. The summed E-state index contributed by atoms with van der Waals surface area (Å²) in [6.45, 7) is 0. The van der Waals surface area contributed by atoms with Gasteiger partial charge in [-0.3, -0.25) is 10.7 Å². The molecule has 0 spiro atoms. The fourth-order valence-corrected chi connectivity index (χ4v) is 2.30. The first-order chi connectivity index (χ1) is 10.7. The molecule has 1 heterocycles. The molecule has 0 bridgehead atoms. The minimum Gasteiger partial charge on any atom is -0.290 e. The van der Waals surface area contributed by atoms with Gasteiger partial charge in [0, 0.05) is 16.8 Å². The van der Waals surface area contributed by atoms with E-state index in [1.807, 2.05) is 0 Å². The van der Waals surface area contributed by atoms with Crippen LogP contribution in [0.25, 0.3) is 0 Å². The van der Waals surface area contributed by atoms with Gasteiger partial charge in [0.2, 0.25) is 0 Å². The van der Waals surface area contributed by atoms with Gasteiger partial charge in [0.1, 0.15) is 5.15 Å². The summed E-state index contributed by atoms with van der Waals surface area (Å²) in [7, 11) is 0. The number of aliphatic imine (C=N–C) groups is 1. The van der Waals surface area contributed by atoms with Crippen LogP contribution in [0.1, 0.15) is 11.1 Å². The Morgan fingerprint density at radius 1 is 1.17 bits per heavy atom. The van der Waals surface area contributed by atoms with Crippen molar-refractivity contribution in [1.29, 1.82) is 0 Å². The van der Waals surface area contributed by atoms with E-state index >= 15 is 0 Å². The monoisotopic (exact) mass is 383 g/mol. The van der Waals surface area contributed by atoms with Crippen LogP contribution >= 0.6 is 34.8 Å². The lowest BCUT2D eigenvalue weighted by Gasteiger charge is -2.14. The Bertz CT molecular complexity index is 766. The predicted molar refractivity (Wildman–Crippen MR) is 81.8 cm³/mol. The minimum absolute atomic E-state index is 0.0979. The SMILES string of the molecule is ONC(=Nc1ccc(Cl)cc1Cl)c1cnc(Cl)cc1C(F)(F)F. The number of aromatic nitrogens is 1. The molecule has 0 unspecified atom stereocenters. The molecule has 122 valence electrons. The Morgan fingerprint density at radius 3 is 2.43 bits per heavy atom. The minimum atomic E-state index is -4.72. The summed E-state index contributed by atoms with van der Waals surface area (Å²) in [5.74, 6) is -0.495. The van der Waals surface area contributed by atoms with Crippen molar-refractivity contribution in [3.05, 3.63) is 56.8 Å². The Hall–Kier alpha value is -1.54. The van der Waals surface area contributed by atoms with Crippen molar-refractivity contribution in [1.82, 2.24) is 10.5 Å². The number of nitrogens with zero attached hydrogens (tertiary/aromatic N) is 2. The average molecular weight is 385 g/mol. The molecule has 0 saturated heterocycles. The third kappa shape index (κ3) is 4.26. The fraction of sp³-hybridized carbons (Fsp3) is 0.0769. The van der Waals surface area contributed by atoms with Crippen molar-refractivity contribution in [3.63, 3.8) is 0 Å². The Labute approximate surface area is 143 Å². The van der Waals surface area contributed by atoms with Crippen LogP contribution < -0.4 is 5.48 Å². The van der Waals surface area contributed by atoms with Gasteiger partial charge >= 0.3 is 6.18 Å². The molecule has 1 aromatic heterocycles. The van der Waals surface area contributed by atoms with Crippen LogP contribution in [0.4, 0.5) is 18.9 Å². The van der Waals surface area contributed by atoms with Crippen LogP contribution in [0, 0.1) is 0 Å². The van der Waals surface area contributed by atoms with E-state index in [4.69, 9.17) is 40.0 Å². The molecule has 0 fully saturated rings. The zero-order valence-corrected chi connectivity index (χ0v) is 13.3. The maximum atomic E-state index is 13.1. The first-order valence-corrected chi connectivity index (χ1v) is 7.02. The molecule has 0 atom stereocenters. The Morgan fingerprint density at radius 2 is 1.87 bits per heavy atom. The molecule has 2 N–H and O–H groups in total. The molecule has 1 aromatic carbocycles. The smallest absolute Gasteiger partial charge is 0.290 e. The second-order valence-corrected chi connectivity index (χ2v) is 5.45. The topological polar surface area (TPSA) is 57.5 Å². The molecule has 0 amide bonds. The molecule has 0 aliphatic carbocycles. The van der Waals surface area contributed by atoms with E-state index in [2.05, 4.69) is 9.98 Å². The fourth-order valence-electron chi connectivity index (χ4n) is 1.69. The van der Waals surface area contributed by atoms with Gasteiger partial charge in [-0.1, -0.05) is 34.8 Å². The summed E-state index contributed by atoms with van der Waals surface area (Å²) in [5.41, 5.74) is 0.124. The quantitative estimate of drug-likeness (QED) is 0.327. The molecular formula is C13H7Cl3F3N3O. The third-order valence-corrected chi connectivity index (χ3v) is 3.42. The summed E-state index contributed by atoms with van der Waals surface area (Å²) in [5, 5.41) is 9.25. The van der Waals surface area contributed by atoms with Gasteiger partial charge in [0.05, 0.1) is 16.3 Å². The molecule has 0 aliphatic heterocycles. The van der Waals surface area contributed by atoms with E-state index in [0.29, 0.717) is 11.1 Å². The summed E-state index contributed by atoms with van der Waals surface area (Å²) in [4.78, 5) is 7.45. The zero-order valence-electron chi connectivity index (χ0n) is 11.0. The van der Waals surface area contributed by atoms with Crippen molar-refractivity contribution in [2.45, 2.75) is 6.18 Å². The van der Waals surface area contributed by atoms with Gasteiger partial charge in [0.15, 0.2) is 5.84 Å². The highest BCUT2D eigenvalue weighted by Gasteiger charge is 2.35. The molecule has 0 aliphatic rings. The predicted octanol–water partition coefficient (Wildman–Crippen LogP) is 5.12. The summed E-state index contributed by atoms with van der Waals surface area (Å²) in [6.07, 6.45) is -3.87. The molecule has 2 rings (SSSR count). The van der Waals surface area contributed by atoms with Gasteiger partial charge in [-0.15, -0.1) is 0 Å². The number of benzene rings is 1. The number of halogens is 6. The van der Waals surface area contributed by atoms with E-state index in [1.165, 1.54) is 18.2 Å². The molecule has 0 saturated carbocycles. The normalized spacial score (nSPS) is 12.4. The Kier molecular flexibility index (Phi) is 5.36. The lowest BCUT2D eigenvalue weighted by atomic mass is 10.1. The van der Waals surface area contributed by atoms with Gasteiger partial charge < -0.3 is 0 Å². The van der Waals surface area contributed by atoms with Crippen LogP contribution in [0.3, 0.4) is 0 Å². The number of alkyl halides is 3. The van der Waals surface area contributed by atoms with Crippen molar-refractivity contribution in [2.24, 2.45) is 4.99 Å². The molecular weight excluding hydrogens is 378 g/mol. The van der Waals surface area contributed by atoms with Crippen molar-refractivity contribution < 1.29 is 18.4 Å². The summed E-state index contributed by atoms with van der Waals surface area (Å²) >= 11 is 17.2. The number of nitrogens with one attached hydrogen (secondary N) is 1. The first-order valence-electron chi connectivity index (χ1n) is 5.89. The lowest BCUT2D eigenvalue weighted by molar-refractivity contribution is -0.137. The highest BCUT2D eigenvalue weighted by molar-refractivity contribution is 6.36. The van der Waals surface area contributed by atoms with Gasteiger partial charge in [0.25, 0.3) is 0 Å². The number of amidine groups is 1. The van der Waals surface area contributed by atoms with E-state index in [9.17, 15) is 13.2 Å². The highest BCUT2D eigenvalue weighted by Crippen LogP contribution is 2.34. The van der Waals surface area contributed by atoms with Gasteiger partial charge in [-0.2, -0.15) is 13.2 Å². The second-order valence-electron chi connectivity index (χ2n) is 4.22. The third-order valence-electron chi connectivity index (χ3n) is 2.68. The number of hydroxylamine groups is 1. The highest BCUT2D eigenvalue weighted by atomic mass is 35.5. The maximum Gasteiger partial charge on any atom is 0.417 e. The first kappa shape index (κ1) is 17.8. The Balaban J connectivity index is 2.60. The van der Waals surface area contributed by atoms with E-state index < -0.39 is 23.1 Å². The van der Waals surface area contributed by atoms with Crippen LogP contribution in [0.15, 0.2) is 35.5 Å². The van der Waals surface area contributed by atoms with Crippen molar-refractivity contribution in [3.8, 4) is 0 Å². The van der Waals surface area contributed by atoms with Gasteiger partial charge in [-0.05, 0) is 24.3 Å². The van der Waals surface area contributed by atoms with Crippen LogP contribution in [0.2, 0.25) is 15.2 Å². The molecule has 23 heavy (non-hydrogen) atoms. The van der Waals surface area contributed by atoms with Crippen LogP contribution in [0.5, 0.6) is 0 Å². The number of rotatable bonds is 2. The summed E-state index contributed by atoms with van der Waals surface area (Å²) < 4.78 is 39.3. The molecule has 0 radical (unpaired) electrons. The largest absolute Gasteiger partial charge is 0.417 e. The van der Waals surface area contributed by atoms with Crippen molar-refractivity contribution >= 4 is 46.3 Å². The molecule has 2 aromatic rings. The number of pyridine rings is 1. The summed E-state index contributed by atoms with van der Waals surface area (Å²) in [6, 6.07) is 4.83. The van der Waals surface area contributed by atoms with E-state index in [1.54, 1.807) is 5.48 Å². The van der Waals surface area contributed by atoms with E-state index in [-0.39, 0.29) is 15.9 Å². The molecule has 4 nitrogen and oxygen atoms in total. The van der Waals surface area contributed by atoms with Crippen LogP contribution in [-0.2, 0) is 6.18 Å². The second kappa shape index (κ2) is 6.92.